The molecule has 3 aromatic rings. The average Bonchev–Trinajstić information content (AvgIpc) is 3.43. The van der Waals surface area contributed by atoms with Gasteiger partial charge in [0.2, 0.25) is 0 Å². The van der Waals surface area contributed by atoms with Crippen molar-refractivity contribution in [1.29, 1.82) is 0 Å². The van der Waals surface area contributed by atoms with Gasteiger partial charge in [0.1, 0.15) is 5.75 Å². The fraction of sp³-hybridized carbons (Fsp3) is 0.320. The summed E-state index contributed by atoms with van der Waals surface area (Å²) in [5, 5.41) is 21.2. The van der Waals surface area contributed by atoms with Crippen LogP contribution in [0.25, 0.3) is 11.3 Å². The highest BCUT2D eigenvalue weighted by molar-refractivity contribution is 6.34. The lowest BCUT2D eigenvalue weighted by Gasteiger charge is -2.13. The van der Waals surface area contributed by atoms with Crippen molar-refractivity contribution in [2.45, 2.75) is 51.5 Å². The van der Waals surface area contributed by atoms with Gasteiger partial charge in [0.15, 0.2) is 0 Å². The SMILES string of the molecule is CC(C)NC(=O)n1nc(-c2ccc(NC(=O)c3ccccc3Cl)cc2O)cc1C1CCCC1. The molecule has 0 spiro atoms. The zero-order valence-electron chi connectivity index (χ0n) is 18.6. The van der Waals surface area contributed by atoms with E-state index in [1.54, 1.807) is 36.4 Å². The summed E-state index contributed by atoms with van der Waals surface area (Å²) in [4.78, 5) is 25.3. The summed E-state index contributed by atoms with van der Waals surface area (Å²) in [6, 6.07) is 13.2. The summed E-state index contributed by atoms with van der Waals surface area (Å²) >= 11 is 6.10. The second kappa shape index (κ2) is 9.67. The van der Waals surface area contributed by atoms with Crippen LogP contribution in [-0.4, -0.2) is 32.9 Å². The number of hydrogen-bond donors (Lipinski definition) is 3. The molecule has 3 N–H and O–H groups in total. The van der Waals surface area contributed by atoms with Crippen LogP contribution in [0.1, 0.15) is 61.5 Å². The molecule has 0 unspecified atom stereocenters. The van der Waals surface area contributed by atoms with Gasteiger partial charge in [0, 0.05) is 29.3 Å². The first-order valence-corrected chi connectivity index (χ1v) is 11.5. The van der Waals surface area contributed by atoms with Crippen molar-refractivity contribution in [1.82, 2.24) is 15.1 Å². The molecule has 1 saturated carbocycles. The topological polar surface area (TPSA) is 96.3 Å². The smallest absolute Gasteiger partial charge is 0.342 e. The largest absolute Gasteiger partial charge is 0.507 e. The summed E-state index contributed by atoms with van der Waals surface area (Å²) in [6.07, 6.45) is 4.28. The van der Waals surface area contributed by atoms with Crippen LogP contribution in [0.4, 0.5) is 10.5 Å². The molecule has 33 heavy (non-hydrogen) atoms. The number of carbonyl (C=O) groups is 2. The Balaban J connectivity index is 1.61. The highest BCUT2D eigenvalue weighted by atomic mass is 35.5. The molecule has 7 nitrogen and oxygen atoms in total. The normalized spacial score (nSPS) is 13.9. The minimum absolute atomic E-state index is 0.0176. The van der Waals surface area contributed by atoms with Gasteiger partial charge >= 0.3 is 6.03 Å². The Morgan fingerprint density at radius 2 is 1.85 bits per heavy atom. The van der Waals surface area contributed by atoms with Gasteiger partial charge in [0.25, 0.3) is 5.91 Å². The van der Waals surface area contributed by atoms with E-state index < -0.39 is 0 Å². The maximum atomic E-state index is 12.8. The Labute approximate surface area is 197 Å². The van der Waals surface area contributed by atoms with Crippen molar-refractivity contribution in [2.75, 3.05) is 5.32 Å². The van der Waals surface area contributed by atoms with Crippen LogP contribution in [0, 0.1) is 0 Å². The third-order valence-corrected chi connectivity index (χ3v) is 6.09. The Morgan fingerprint density at radius 1 is 1.12 bits per heavy atom. The summed E-state index contributed by atoms with van der Waals surface area (Å²) < 4.78 is 1.43. The number of amides is 2. The average molecular weight is 467 g/mol. The number of aromatic hydroxyl groups is 1. The number of benzene rings is 2. The van der Waals surface area contributed by atoms with Crippen LogP contribution < -0.4 is 10.6 Å². The molecule has 8 heteroatoms. The van der Waals surface area contributed by atoms with E-state index in [-0.39, 0.29) is 29.6 Å². The number of anilines is 1. The summed E-state index contributed by atoms with van der Waals surface area (Å²) in [5.74, 6) is -0.148. The van der Waals surface area contributed by atoms with Gasteiger partial charge in [-0.3, -0.25) is 4.79 Å². The van der Waals surface area contributed by atoms with Crippen molar-refractivity contribution < 1.29 is 14.7 Å². The molecule has 1 fully saturated rings. The van der Waals surface area contributed by atoms with E-state index in [1.165, 1.54) is 10.7 Å². The van der Waals surface area contributed by atoms with Gasteiger partial charge < -0.3 is 15.7 Å². The lowest BCUT2D eigenvalue weighted by Crippen LogP contribution is -2.35. The lowest BCUT2D eigenvalue weighted by atomic mass is 10.0. The highest BCUT2D eigenvalue weighted by Crippen LogP contribution is 2.38. The van der Waals surface area contributed by atoms with Gasteiger partial charge in [-0.25, -0.2) is 4.79 Å². The molecule has 2 amide bonds. The molecule has 0 bridgehead atoms. The number of carbonyl (C=O) groups excluding carboxylic acids is 2. The predicted octanol–water partition coefficient (Wildman–Crippen LogP) is 5.79. The molecule has 4 rings (SSSR count). The van der Waals surface area contributed by atoms with Crippen molar-refractivity contribution in [3.05, 3.63) is 64.8 Å². The first-order chi connectivity index (χ1) is 15.8. The molecule has 1 aliphatic carbocycles. The predicted molar refractivity (Wildman–Crippen MR) is 129 cm³/mol. The third kappa shape index (κ3) is 5.03. The molecule has 1 aromatic heterocycles. The highest BCUT2D eigenvalue weighted by Gasteiger charge is 2.26. The summed E-state index contributed by atoms with van der Waals surface area (Å²) in [6.45, 7) is 3.80. The molecular formula is C25H27ClN4O3. The van der Waals surface area contributed by atoms with Crippen molar-refractivity contribution in [3.63, 3.8) is 0 Å². The maximum Gasteiger partial charge on any atom is 0.342 e. The first kappa shape index (κ1) is 22.9. The second-order valence-electron chi connectivity index (χ2n) is 8.62. The van der Waals surface area contributed by atoms with E-state index in [9.17, 15) is 14.7 Å². The molecule has 0 aliphatic heterocycles. The number of hydrogen-bond acceptors (Lipinski definition) is 4. The Morgan fingerprint density at radius 3 is 2.52 bits per heavy atom. The molecule has 1 aliphatic rings. The Bertz CT molecular complexity index is 1180. The van der Waals surface area contributed by atoms with E-state index >= 15 is 0 Å². The number of phenolic OH excluding ortho intramolecular Hbond substituents is 1. The molecule has 172 valence electrons. The standard InChI is InChI=1S/C25H27ClN4O3/c1-15(2)27-25(33)30-22(16-7-3-4-8-16)14-21(29-30)19-12-11-17(13-23(19)31)28-24(32)18-9-5-6-10-20(18)26/h5-6,9-16,31H,3-4,7-8H2,1-2H3,(H,27,33)(H,28,32). The van der Waals surface area contributed by atoms with Gasteiger partial charge in [-0.05, 0) is 57.0 Å². The third-order valence-electron chi connectivity index (χ3n) is 5.76. The zero-order chi connectivity index (χ0) is 23.5. The van der Waals surface area contributed by atoms with Gasteiger partial charge in [-0.15, -0.1) is 0 Å². The quantitative estimate of drug-likeness (QED) is 0.443. The van der Waals surface area contributed by atoms with Crippen LogP contribution in [0.3, 0.4) is 0 Å². The number of nitrogens with zero attached hydrogens (tertiary/aromatic N) is 2. The van der Waals surface area contributed by atoms with Crippen LogP contribution in [0.15, 0.2) is 48.5 Å². The van der Waals surface area contributed by atoms with E-state index in [0.29, 0.717) is 27.5 Å². The van der Waals surface area contributed by atoms with E-state index in [4.69, 9.17) is 11.6 Å². The van der Waals surface area contributed by atoms with Crippen molar-refractivity contribution in [3.8, 4) is 17.0 Å². The molecule has 0 radical (unpaired) electrons. The minimum Gasteiger partial charge on any atom is -0.507 e. The maximum absolute atomic E-state index is 12.8. The lowest BCUT2D eigenvalue weighted by molar-refractivity contribution is 0.102. The van der Waals surface area contributed by atoms with Crippen molar-refractivity contribution >= 4 is 29.2 Å². The Hall–Kier alpha value is -3.32. The van der Waals surface area contributed by atoms with Crippen LogP contribution in [0.2, 0.25) is 5.02 Å². The van der Waals surface area contributed by atoms with E-state index in [1.807, 2.05) is 19.9 Å². The molecular weight excluding hydrogens is 440 g/mol. The number of rotatable bonds is 5. The van der Waals surface area contributed by atoms with Gasteiger partial charge in [-0.2, -0.15) is 9.78 Å². The number of nitrogens with one attached hydrogen (secondary N) is 2. The zero-order valence-corrected chi connectivity index (χ0v) is 19.4. The number of aromatic nitrogens is 2. The van der Waals surface area contributed by atoms with Crippen LogP contribution >= 0.6 is 11.6 Å². The first-order valence-electron chi connectivity index (χ1n) is 11.1. The number of halogens is 1. The monoisotopic (exact) mass is 466 g/mol. The van der Waals surface area contributed by atoms with Gasteiger partial charge in [0.05, 0.1) is 22.0 Å². The minimum atomic E-state index is -0.370. The van der Waals surface area contributed by atoms with E-state index in [2.05, 4.69) is 15.7 Å². The van der Waals surface area contributed by atoms with Gasteiger partial charge in [-0.1, -0.05) is 36.6 Å². The van der Waals surface area contributed by atoms with Crippen molar-refractivity contribution in [2.24, 2.45) is 0 Å². The fourth-order valence-corrected chi connectivity index (χ4v) is 4.40. The Kier molecular flexibility index (Phi) is 6.70. The molecule has 0 atom stereocenters. The van der Waals surface area contributed by atoms with E-state index in [0.717, 1.165) is 31.4 Å². The summed E-state index contributed by atoms with van der Waals surface area (Å²) in [5.41, 5.74) is 2.63. The number of phenols is 1. The van der Waals surface area contributed by atoms with Crippen LogP contribution in [-0.2, 0) is 0 Å². The summed E-state index contributed by atoms with van der Waals surface area (Å²) in [7, 11) is 0. The molecule has 2 aromatic carbocycles. The molecule has 1 heterocycles. The fourth-order valence-electron chi connectivity index (χ4n) is 4.18. The van der Waals surface area contributed by atoms with Crippen LogP contribution in [0.5, 0.6) is 5.75 Å². The second-order valence-corrected chi connectivity index (χ2v) is 9.02. The molecule has 0 saturated heterocycles.